The van der Waals surface area contributed by atoms with Crippen molar-refractivity contribution in [1.82, 2.24) is 0 Å². The van der Waals surface area contributed by atoms with E-state index in [1.165, 1.54) is 0 Å². The summed E-state index contributed by atoms with van der Waals surface area (Å²) in [6, 6.07) is 8.91. The number of ether oxygens (including phenoxy) is 2. The van der Waals surface area contributed by atoms with E-state index >= 15 is 0 Å². The number of halogens is 1. The lowest BCUT2D eigenvalue weighted by Crippen LogP contribution is -2.14. The van der Waals surface area contributed by atoms with Gasteiger partial charge in [-0.25, -0.2) is 0 Å². The summed E-state index contributed by atoms with van der Waals surface area (Å²) >= 11 is 3.41. The van der Waals surface area contributed by atoms with Gasteiger partial charge in [0.25, 0.3) is 5.91 Å². The molecule has 2 aromatic carbocycles. The zero-order valence-corrected chi connectivity index (χ0v) is 12.9. The second-order valence-corrected chi connectivity index (χ2v) is 5.58. The summed E-state index contributed by atoms with van der Waals surface area (Å²) in [5.41, 5.74) is 8.35. The predicted octanol–water partition coefficient (Wildman–Crippen LogP) is 3.32. The molecule has 21 heavy (non-hydrogen) atoms. The van der Waals surface area contributed by atoms with Crippen LogP contribution in [0.3, 0.4) is 0 Å². The highest BCUT2D eigenvalue weighted by Gasteiger charge is 2.20. The van der Waals surface area contributed by atoms with Crippen LogP contribution in [-0.4, -0.2) is 12.7 Å². The molecule has 1 amide bonds. The summed E-state index contributed by atoms with van der Waals surface area (Å²) in [5.74, 6) is 0.788. The average molecular weight is 349 g/mol. The number of amides is 1. The molecular weight excluding hydrogens is 336 g/mol. The molecule has 1 aliphatic rings. The molecule has 0 aliphatic carbocycles. The lowest BCUT2D eigenvalue weighted by molar-refractivity contribution is 0.102. The molecule has 2 aromatic rings. The van der Waals surface area contributed by atoms with Crippen LogP contribution in [0.2, 0.25) is 0 Å². The van der Waals surface area contributed by atoms with Crippen LogP contribution in [0.25, 0.3) is 0 Å². The Balaban J connectivity index is 1.91. The van der Waals surface area contributed by atoms with E-state index in [1.807, 2.05) is 25.1 Å². The van der Waals surface area contributed by atoms with Gasteiger partial charge in [-0.2, -0.15) is 0 Å². The van der Waals surface area contributed by atoms with Crippen LogP contribution in [-0.2, 0) is 0 Å². The molecule has 0 radical (unpaired) electrons. The molecule has 1 heterocycles. The van der Waals surface area contributed by atoms with Crippen molar-refractivity contribution in [2.75, 3.05) is 17.8 Å². The second-order valence-electron chi connectivity index (χ2n) is 4.73. The Morgan fingerprint density at radius 3 is 2.71 bits per heavy atom. The van der Waals surface area contributed by atoms with Crippen molar-refractivity contribution < 1.29 is 14.3 Å². The van der Waals surface area contributed by atoms with Crippen LogP contribution in [0, 0.1) is 6.92 Å². The van der Waals surface area contributed by atoms with Crippen molar-refractivity contribution in [1.29, 1.82) is 0 Å². The van der Waals surface area contributed by atoms with E-state index < -0.39 is 0 Å². The van der Waals surface area contributed by atoms with Crippen molar-refractivity contribution in [2.45, 2.75) is 6.92 Å². The van der Waals surface area contributed by atoms with E-state index in [0.29, 0.717) is 28.4 Å². The summed E-state index contributed by atoms with van der Waals surface area (Å²) in [5, 5.41) is 2.84. The number of fused-ring (bicyclic) bond motifs is 1. The van der Waals surface area contributed by atoms with Gasteiger partial charge in [0.1, 0.15) is 0 Å². The Morgan fingerprint density at radius 1 is 1.24 bits per heavy atom. The van der Waals surface area contributed by atoms with Crippen LogP contribution in [0.4, 0.5) is 11.4 Å². The third-order valence-corrected chi connectivity index (χ3v) is 3.85. The number of nitrogen functional groups attached to an aromatic ring is 1. The minimum atomic E-state index is -0.294. The molecule has 3 rings (SSSR count). The van der Waals surface area contributed by atoms with Gasteiger partial charge in [-0.15, -0.1) is 0 Å². The lowest BCUT2D eigenvalue weighted by atomic mass is 10.1. The molecule has 1 aliphatic heterocycles. The van der Waals surface area contributed by atoms with Gasteiger partial charge in [0, 0.05) is 16.2 Å². The van der Waals surface area contributed by atoms with Gasteiger partial charge < -0.3 is 20.5 Å². The molecule has 0 aromatic heterocycles. The number of hydrogen-bond acceptors (Lipinski definition) is 4. The van der Waals surface area contributed by atoms with E-state index in [1.54, 1.807) is 12.1 Å². The molecular formula is C15H13BrN2O3. The van der Waals surface area contributed by atoms with Gasteiger partial charge in [0.15, 0.2) is 11.5 Å². The van der Waals surface area contributed by atoms with Gasteiger partial charge in [-0.3, -0.25) is 4.79 Å². The summed E-state index contributed by atoms with van der Waals surface area (Å²) in [7, 11) is 0. The maximum absolute atomic E-state index is 12.4. The van der Waals surface area contributed by atoms with Crippen LogP contribution in [0.15, 0.2) is 34.8 Å². The minimum Gasteiger partial charge on any atom is -0.454 e. The molecule has 108 valence electrons. The van der Waals surface area contributed by atoms with E-state index in [4.69, 9.17) is 15.2 Å². The molecule has 0 saturated heterocycles. The molecule has 0 saturated carbocycles. The topological polar surface area (TPSA) is 73.6 Å². The number of benzene rings is 2. The molecule has 0 fully saturated rings. The van der Waals surface area contributed by atoms with E-state index in [2.05, 4.69) is 21.2 Å². The second kappa shape index (κ2) is 5.29. The van der Waals surface area contributed by atoms with Gasteiger partial charge in [0.2, 0.25) is 6.79 Å². The SMILES string of the molecule is Cc1ccc(Br)c(NC(=O)c2cc3c(cc2N)OCO3)c1. The third-order valence-electron chi connectivity index (χ3n) is 3.16. The van der Waals surface area contributed by atoms with Crippen molar-refractivity contribution in [3.8, 4) is 11.5 Å². The maximum Gasteiger partial charge on any atom is 0.257 e. The predicted molar refractivity (Wildman–Crippen MR) is 83.8 cm³/mol. The molecule has 0 atom stereocenters. The number of carbonyl (C=O) groups is 1. The molecule has 0 unspecified atom stereocenters. The summed E-state index contributed by atoms with van der Waals surface area (Å²) in [6.07, 6.45) is 0. The lowest BCUT2D eigenvalue weighted by Gasteiger charge is -2.10. The Kier molecular flexibility index (Phi) is 3.47. The highest BCUT2D eigenvalue weighted by Crippen LogP contribution is 2.36. The first kappa shape index (κ1) is 13.8. The summed E-state index contributed by atoms with van der Waals surface area (Å²) in [6.45, 7) is 2.10. The minimum absolute atomic E-state index is 0.142. The first-order chi connectivity index (χ1) is 10.0. The van der Waals surface area contributed by atoms with Crippen LogP contribution >= 0.6 is 15.9 Å². The summed E-state index contributed by atoms with van der Waals surface area (Å²) < 4.78 is 11.3. The van der Waals surface area contributed by atoms with Crippen molar-refractivity contribution in [3.05, 3.63) is 45.9 Å². The Morgan fingerprint density at radius 2 is 1.95 bits per heavy atom. The highest BCUT2D eigenvalue weighted by atomic mass is 79.9. The van der Waals surface area contributed by atoms with Gasteiger partial charge in [0.05, 0.1) is 11.3 Å². The Labute approximate surface area is 130 Å². The van der Waals surface area contributed by atoms with Crippen molar-refractivity contribution >= 4 is 33.2 Å². The maximum atomic E-state index is 12.4. The number of aryl methyl sites for hydroxylation is 1. The fraction of sp³-hybridized carbons (Fsp3) is 0.133. The molecule has 0 bridgehead atoms. The Bertz CT molecular complexity index is 731. The molecule has 6 heteroatoms. The smallest absolute Gasteiger partial charge is 0.257 e. The van der Waals surface area contributed by atoms with Crippen LogP contribution in [0.1, 0.15) is 15.9 Å². The average Bonchev–Trinajstić information content (AvgIpc) is 2.89. The van der Waals surface area contributed by atoms with Crippen molar-refractivity contribution in [2.24, 2.45) is 0 Å². The summed E-state index contributed by atoms with van der Waals surface area (Å²) in [4.78, 5) is 12.4. The third kappa shape index (κ3) is 2.67. The number of nitrogens with two attached hydrogens (primary N) is 1. The quantitative estimate of drug-likeness (QED) is 0.816. The number of anilines is 2. The van der Waals surface area contributed by atoms with Gasteiger partial charge in [-0.05, 0) is 46.6 Å². The number of nitrogens with one attached hydrogen (secondary N) is 1. The van der Waals surface area contributed by atoms with Crippen LogP contribution < -0.4 is 20.5 Å². The zero-order chi connectivity index (χ0) is 15.0. The van der Waals surface area contributed by atoms with Crippen molar-refractivity contribution in [3.63, 3.8) is 0 Å². The standard InChI is InChI=1S/C15H13BrN2O3/c1-8-2-3-10(16)12(4-8)18-15(19)9-5-13-14(6-11(9)17)21-7-20-13/h2-6H,7,17H2,1H3,(H,18,19). The van der Waals surface area contributed by atoms with Gasteiger partial charge >= 0.3 is 0 Å². The zero-order valence-electron chi connectivity index (χ0n) is 11.3. The highest BCUT2D eigenvalue weighted by molar-refractivity contribution is 9.10. The fourth-order valence-electron chi connectivity index (χ4n) is 2.08. The molecule has 5 nitrogen and oxygen atoms in total. The largest absolute Gasteiger partial charge is 0.454 e. The monoisotopic (exact) mass is 348 g/mol. The normalized spacial score (nSPS) is 12.3. The number of rotatable bonds is 2. The Hall–Kier alpha value is -2.21. The number of hydrogen-bond donors (Lipinski definition) is 2. The van der Waals surface area contributed by atoms with Crippen LogP contribution in [0.5, 0.6) is 11.5 Å². The molecule has 3 N–H and O–H groups in total. The fourth-order valence-corrected chi connectivity index (χ4v) is 2.42. The van der Waals surface area contributed by atoms with E-state index in [-0.39, 0.29) is 12.7 Å². The van der Waals surface area contributed by atoms with E-state index in [0.717, 1.165) is 10.0 Å². The van der Waals surface area contributed by atoms with E-state index in [9.17, 15) is 4.79 Å². The molecule has 0 spiro atoms. The first-order valence-electron chi connectivity index (χ1n) is 6.31. The number of carbonyl (C=O) groups excluding carboxylic acids is 1. The van der Waals surface area contributed by atoms with Gasteiger partial charge in [-0.1, -0.05) is 6.07 Å². The first-order valence-corrected chi connectivity index (χ1v) is 7.10.